The van der Waals surface area contributed by atoms with E-state index in [0.29, 0.717) is 6.61 Å². The van der Waals surface area contributed by atoms with Crippen molar-refractivity contribution in [3.63, 3.8) is 0 Å². The van der Waals surface area contributed by atoms with E-state index >= 15 is 0 Å². The van der Waals surface area contributed by atoms with Crippen molar-refractivity contribution >= 4 is 0 Å². The normalized spacial score (nSPS) is 23.9. The highest BCUT2D eigenvalue weighted by Crippen LogP contribution is 2.39. The van der Waals surface area contributed by atoms with Gasteiger partial charge >= 0.3 is 0 Å². The summed E-state index contributed by atoms with van der Waals surface area (Å²) in [5.74, 6) is 0. The van der Waals surface area contributed by atoms with Crippen molar-refractivity contribution in [2.24, 2.45) is 5.73 Å². The van der Waals surface area contributed by atoms with Gasteiger partial charge in [0.1, 0.15) is 0 Å². The molecule has 0 aliphatic heterocycles. The Balaban J connectivity index is 2.25. The molecular weight excluding hydrogens is 186 g/mol. The standard InChI is InChI=1S/C13H17NO/c1-3-6-15-13-8-12(14)11-7-9(2)4-5-10(11)13/h3-5,7,12-13H,1,6,8,14H2,2H3/t12-,13+/m0/s1. The van der Waals surface area contributed by atoms with E-state index in [2.05, 4.69) is 31.7 Å². The molecule has 1 aromatic carbocycles. The second kappa shape index (κ2) is 4.17. The maximum absolute atomic E-state index is 6.07. The van der Waals surface area contributed by atoms with Crippen LogP contribution in [0.15, 0.2) is 30.9 Å². The van der Waals surface area contributed by atoms with E-state index in [9.17, 15) is 0 Å². The van der Waals surface area contributed by atoms with Gasteiger partial charge in [0.25, 0.3) is 0 Å². The molecule has 0 bridgehead atoms. The van der Waals surface area contributed by atoms with Crippen LogP contribution in [0, 0.1) is 6.92 Å². The minimum atomic E-state index is 0.120. The zero-order chi connectivity index (χ0) is 10.8. The summed E-state index contributed by atoms with van der Waals surface area (Å²) in [7, 11) is 0. The molecule has 15 heavy (non-hydrogen) atoms. The number of hydrogen-bond donors (Lipinski definition) is 1. The molecule has 2 rings (SSSR count). The first kappa shape index (κ1) is 10.4. The van der Waals surface area contributed by atoms with Crippen molar-refractivity contribution in [1.82, 2.24) is 0 Å². The summed E-state index contributed by atoms with van der Waals surface area (Å²) >= 11 is 0. The third-order valence-corrected chi connectivity index (χ3v) is 2.87. The lowest BCUT2D eigenvalue weighted by molar-refractivity contribution is 0.0722. The second-order valence-electron chi connectivity index (χ2n) is 4.09. The van der Waals surface area contributed by atoms with Gasteiger partial charge in [-0.3, -0.25) is 0 Å². The van der Waals surface area contributed by atoms with Gasteiger partial charge in [-0.2, -0.15) is 0 Å². The van der Waals surface area contributed by atoms with Crippen molar-refractivity contribution in [1.29, 1.82) is 0 Å². The molecule has 0 saturated heterocycles. The van der Waals surface area contributed by atoms with Crippen molar-refractivity contribution in [3.8, 4) is 0 Å². The van der Waals surface area contributed by atoms with Gasteiger partial charge in [-0.15, -0.1) is 6.58 Å². The predicted molar refractivity (Wildman–Crippen MR) is 61.6 cm³/mol. The molecule has 0 heterocycles. The van der Waals surface area contributed by atoms with E-state index in [-0.39, 0.29) is 12.1 Å². The van der Waals surface area contributed by atoms with Crippen molar-refractivity contribution in [2.45, 2.75) is 25.5 Å². The number of aryl methyl sites for hydroxylation is 1. The van der Waals surface area contributed by atoms with E-state index in [4.69, 9.17) is 10.5 Å². The van der Waals surface area contributed by atoms with E-state index < -0.39 is 0 Å². The average molecular weight is 203 g/mol. The maximum Gasteiger partial charge on any atom is 0.0850 e. The molecule has 1 aliphatic carbocycles. The zero-order valence-corrected chi connectivity index (χ0v) is 9.07. The van der Waals surface area contributed by atoms with Gasteiger partial charge in [0.15, 0.2) is 0 Å². The Morgan fingerprint density at radius 3 is 3.07 bits per heavy atom. The lowest BCUT2D eigenvalue weighted by atomic mass is 10.1. The van der Waals surface area contributed by atoms with Crippen LogP contribution < -0.4 is 5.73 Å². The summed E-state index contributed by atoms with van der Waals surface area (Å²) in [6.45, 7) is 6.33. The zero-order valence-electron chi connectivity index (χ0n) is 9.07. The van der Waals surface area contributed by atoms with Gasteiger partial charge in [0, 0.05) is 6.04 Å². The molecular formula is C13H17NO. The Bertz CT molecular complexity index is 373. The molecule has 0 saturated carbocycles. The maximum atomic E-state index is 6.07. The number of hydrogen-bond acceptors (Lipinski definition) is 2. The first-order chi connectivity index (χ1) is 7.22. The number of rotatable bonds is 3. The average Bonchev–Trinajstić information content (AvgIpc) is 2.53. The summed E-state index contributed by atoms with van der Waals surface area (Å²) in [6, 6.07) is 6.53. The third kappa shape index (κ3) is 1.96. The van der Waals surface area contributed by atoms with E-state index in [0.717, 1.165) is 6.42 Å². The lowest BCUT2D eigenvalue weighted by Gasteiger charge is -2.11. The Morgan fingerprint density at radius 2 is 2.33 bits per heavy atom. The minimum Gasteiger partial charge on any atom is -0.369 e. The summed E-state index contributed by atoms with van der Waals surface area (Å²) in [6.07, 6.45) is 2.80. The molecule has 0 aromatic heterocycles. The van der Waals surface area contributed by atoms with Crippen LogP contribution in [0.4, 0.5) is 0 Å². The smallest absolute Gasteiger partial charge is 0.0850 e. The topological polar surface area (TPSA) is 35.2 Å². The Morgan fingerprint density at radius 1 is 1.53 bits per heavy atom. The fourth-order valence-electron chi connectivity index (χ4n) is 2.14. The molecule has 80 valence electrons. The highest BCUT2D eigenvalue weighted by Gasteiger charge is 2.28. The molecule has 2 atom stereocenters. The SMILES string of the molecule is C=CCO[C@@H]1C[C@H](N)c2cc(C)ccc21. The third-order valence-electron chi connectivity index (χ3n) is 2.87. The molecule has 1 aliphatic rings. The number of benzene rings is 1. The molecule has 2 nitrogen and oxygen atoms in total. The van der Waals surface area contributed by atoms with Gasteiger partial charge in [0.2, 0.25) is 0 Å². The quantitative estimate of drug-likeness (QED) is 0.766. The van der Waals surface area contributed by atoms with E-state index in [1.54, 1.807) is 6.08 Å². The Hall–Kier alpha value is -1.12. The van der Waals surface area contributed by atoms with Gasteiger partial charge in [0.05, 0.1) is 12.7 Å². The molecule has 2 heteroatoms. The Kier molecular flexibility index (Phi) is 2.89. The summed E-state index contributed by atoms with van der Waals surface area (Å²) < 4.78 is 5.69. The summed E-state index contributed by atoms with van der Waals surface area (Å²) in [5, 5.41) is 0. The second-order valence-corrected chi connectivity index (χ2v) is 4.09. The van der Waals surface area contributed by atoms with Gasteiger partial charge in [-0.25, -0.2) is 0 Å². The molecule has 0 amide bonds. The fraction of sp³-hybridized carbons (Fsp3) is 0.385. The van der Waals surface area contributed by atoms with Crippen LogP contribution >= 0.6 is 0 Å². The van der Waals surface area contributed by atoms with Gasteiger partial charge in [-0.1, -0.05) is 29.8 Å². The van der Waals surface area contributed by atoms with E-state index in [1.807, 2.05) is 0 Å². The molecule has 0 fully saturated rings. The van der Waals surface area contributed by atoms with Gasteiger partial charge < -0.3 is 10.5 Å². The molecule has 0 radical (unpaired) electrons. The summed E-state index contributed by atoms with van der Waals surface area (Å²) in [4.78, 5) is 0. The van der Waals surface area contributed by atoms with Crippen molar-refractivity contribution in [2.75, 3.05) is 6.61 Å². The monoisotopic (exact) mass is 203 g/mol. The molecule has 0 spiro atoms. The summed E-state index contributed by atoms with van der Waals surface area (Å²) in [5.41, 5.74) is 9.81. The predicted octanol–water partition coefficient (Wildman–Crippen LogP) is 2.64. The molecule has 2 N–H and O–H groups in total. The van der Waals surface area contributed by atoms with Gasteiger partial charge in [-0.05, 0) is 24.5 Å². The fourth-order valence-corrected chi connectivity index (χ4v) is 2.14. The van der Waals surface area contributed by atoms with Crippen LogP contribution in [0.25, 0.3) is 0 Å². The number of ether oxygens (including phenoxy) is 1. The van der Waals surface area contributed by atoms with Crippen LogP contribution in [0.2, 0.25) is 0 Å². The van der Waals surface area contributed by atoms with Crippen LogP contribution in [0.5, 0.6) is 0 Å². The Labute approximate surface area is 90.7 Å². The largest absolute Gasteiger partial charge is 0.369 e. The van der Waals surface area contributed by atoms with Crippen LogP contribution in [-0.4, -0.2) is 6.61 Å². The highest BCUT2D eigenvalue weighted by molar-refractivity contribution is 5.39. The van der Waals surface area contributed by atoms with E-state index in [1.165, 1.54) is 16.7 Å². The van der Waals surface area contributed by atoms with Crippen LogP contribution in [-0.2, 0) is 4.74 Å². The molecule has 0 unspecified atom stereocenters. The van der Waals surface area contributed by atoms with Crippen molar-refractivity contribution in [3.05, 3.63) is 47.5 Å². The lowest BCUT2D eigenvalue weighted by Crippen LogP contribution is -2.06. The first-order valence-electron chi connectivity index (χ1n) is 5.31. The number of nitrogens with two attached hydrogens (primary N) is 1. The minimum absolute atomic E-state index is 0.120. The van der Waals surface area contributed by atoms with Crippen LogP contribution in [0.3, 0.4) is 0 Å². The molecule has 1 aromatic rings. The van der Waals surface area contributed by atoms with Crippen LogP contribution in [0.1, 0.15) is 35.3 Å². The first-order valence-corrected chi connectivity index (χ1v) is 5.31. The number of fused-ring (bicyclic) bond motifs is 1. The highest BCUT2D eigenvalue weighted by atomic mass is 16.5. The van der Waals surface area contributed by atoms with Crippen molar-refractivity contribution < 1.29 is 4.74 Å².